The molecule has 2 fully saturated rings. The fourth-order valence-electron chi connectivity index (χ4n) is 7.66. The van der Waals surface area contributed by atoms with E-state index < -0.39 is 99.9 Å². The molecule has 2 aliphatic heterocycles. The second-order valence-electron chi connectivity index (χ2n) is 18.9. The maximum atomic E-state index is 13.7. The van der Waals surface area contributed by atoms with Crippen molar-refractivity contribution < 1.29 is 89.2 Å². The molecule has 0 saturated carbocycles. The molecular weight excluding hydrogens is 1190 g/mol. The molecule has 2 aliphatic rings. The van der Waals surface area contributed by atoms with Gasteiger partial charge >= 0.3 is 49.6 Å². The summed E-state index contributed by atoms with van der Waals surface area (Å²) in [6, 6.07) is 14.8. The van der Waals surface area contributed by atoms with Gasteiger partial charge in [0, 0.05) is 11.2 Å². The van der Waals surface area contributed by atoms with Crippen LogP contribution in [0.2, 0.25) is 0 Å². The number of ether oxygens (including phenoxy) is 4. The van der Waals surface area contributed by atoms with Gasteiger partial charge in [0.2, 0.25) is 11.9 Å². The number of aliphatic hydroxyl groups excluding tert-OH is 3. The number of imidazole rings is 2. The smallest absolute Gasteiger partial charge is 1.00 e. The first-order valence-corrected chi connectivity index (χ1v) is 29.0. The van der Waals surface area contributed by atoms with Crippen LogP contribution in [-0.4, -0.2) is 174 Å². The Bertz CT molecular complexity index is 3140. The molecule has 12 atom stereocenters. The number of nitrogens with one attached hydrogen (secondary N) is 2. The number of anilines is 4. The minimum atomic E-state index is -4.22. The number of nitrogen functional groups attached to an aromatic ring is 4. The fraction of sp³-hybridized carbons (Fsp3) is 0.479. The van der Waals surface area contributed by atoms with Crippen molar-refractivity contribution in [1.82, 2.24) is 49.2 Å². The zero-order chi connectivity index (χ0) is 60.2. The fourth-order valence-corrected chi connectivity index (χ4v) is 10.9. The van der Waals surface area contributed by atoms with Gasteiger partial charge in [0.1, 0.15) is 70.2 Å². The number of hydrogen-bond acceptors (Lipinski definition) is 26. The normalized spacial score (nSPS) is 23.9. The number of nitrogens with zero attached hydrogens (tertiary/aromatic N) is 8. The van der Waals surface area contributed by atoms with Crippen LogP contribution in [0, 0.1) is 5.92 Å². The summed E-state index contributed by atoms with van der Waals surface area (Å²) >= 11 is 5.72. The molecule has 30 nitrogen and oxygen atoms in total. The van der Waals surface area contributed by atoms with Gasteiger partial charge in [-0.15, -0.1) is 0 Å². The Labute approximate surface area is 505 Å². The predicted octanol–water partition coefficient (Wildman–Crippen LogP) is -0.0655. The molecule has 6 heterocycles. The minimum absolute atomic E-state index is 0. The molecule has 454 valence electrons. The molecule has 83 heavy (non-hydrogen) atoms. The van der Waals surface area contributed by atoms with E-state index in [1.54, 1.807) is 74.5 Å². The average molecular weight is 1260 g/mol. The molecule has 6 aromatic rings. The molecule has 0 spiro atoms. The van der Waals surface area contributed by atoms with Crippen molar-refractivity contribution >= 4 is 107 Å². The van der Waals surface area contributed by atoms with Crippen molar-refractivity contribution in [1.29, 1.82) is 0 Å². The third-order valence-corrected chi connectivity index (χ3v) is 14.7. The zero-order valence-corrected chi connectivity index (χ0v) is 51.6. The number of nitrogens with two attached hydrogens (primary N) is 4. The number of halogens is 2. The monoisotopic (exact) mass is 1250 g/mol. The number of hydrogen-bond donors (Lipinski definition) is 11. The Kier molecular flexibility index (Phi) is 27.0. The summed E-state index contributed by atoms with van der Waals surface area (Å²) in [5.74, 6) is 0.763. The summed E-state index contributed by atoms with van der Waals surface area (Å²) in [5.41, 5.74) is 20.3. The molecule has 2 aromatic carbocycles. The van der Waals surface area contributed by atoms with E-state index in [1.165, 1.54) is 55.4 Å². The van der Waals surface area contributed by atoms with Crippen LogP contribution >= 0.6 is 25.9 Å². The van der Waals surface area contributed by atoms with Crippen molar-refractivity contribution in [2.24, 2.45) is 0 Å². The van der Waals surface area contributed by atoms with Gasteiger partial charge in [-0.25, -0.2) is 24.2 Å². The van der Waals surface area contributed by atoms with Crippen LogP contribution in [0.3, 0.4) is 0 Å². The molecule has 0 bridgehead atoms. The second kappa shape index (κ2) is 31.2. The summed E-state index contributed by atoms with van der Waals surface area (Å²) < 4.78 is 65.8. The standard InChI is InChI=1S/C22H30N7O8P.C11H15ClNO4P.C11H16N6O4.C4H9.ClH.Mg/c1-4-34-19(31)12(2)28-38(33,37-13-8-6-5-7-9-13)35-10-14-16(30)22(3,32)20(36-14)29-11-25-15-17(23)26-21(24)27-18(15)29;1-3-16-11(14)9(2)13-18(12,15)17-10-7-5-4-6-8-10;1-11(20)6(19)4(2-18)21-9(11)17-3-14-5-7(12)15-10(13)16-8(5)17;1-4(2)3;;/h5-9,11-12,14,16,20,30,32H,4,10H2,1-3H3,(H,28,33)(H4,23,24,26,27);4-9H,3H2,1-2H3,(H,13,15);3-4,6,9,18-20H,2H2,1H3,(H4,12,13,15,16);1-3H3;1H;/q;;;-1;;+2/p-1/t12-,14+,16-,20+,22?,38?;9-,18?;4-,6+,9-,11?;;;/m001.../s1. The summed E-state index contributed by atoms with van der Waals surface area (Å²) in [5, 5.41) is 56.7. The number of esters is 2. The van der Waals surface area contributed by atoms with E-state index in [-0.39, 0.29) is 94.8 Å². The summed E-state index contributed by atoms with van der Waals surface area (Å²) in [7, 11) is -4.22. The van der Waals surface area contributed by atoms with Gasteiger partial charge in [0.15, 0.2) is 35.4 Å². The first-order valence-electron chi connectivity index (χ1n) is 24.9. The summed E-state index contributed by atoms with van der Waals surface area (Å²) in [6.07, 6.45) is -4.39. The molecule has 2 saturated heterocycles. The number of para-hydroxylation sites is 2. The van der Waals surface area contributed by atoms with Gasteiger partial charge in [-0.3, -0.25) is 23.2 Å². The van der Waals surface area contributed by atoms with Crippen LogP contribution in [0.4, 0.5) is 23.5 Å². The SMILES string of the molecule is CC1(O)[C@@H](O)[C@@H](CO)O[C@H]1n1cnc2c(N)nc(N)nc21.CCOC(=O)[C@H](C)NP(=O)(Cl)Oc1ccccc1.CCOC(=O)[C@H](C)NP(=O)(OC[C@H]1O[C@@H](n2cnc3c(N)nc(N)nc32)C(C)(O)[C@H]1O)Oc1ccccc1.C[C-](C)C.[Cl-].[Mg+2]. The Morgan fingerprint density at radius 1 is 0.723 bits per heavy atom. The van der Waals surface area contributed by atoms with E-state index in [1.807, 2.05) is 0 Å². The van der Waals surface area contributed by atoms with E-state index in [9.17, 15) is 44.3 Å². The number of aliphatic hydroxyl groups is 5. The largest absolute Gasteiger partial charge is 2.00 e. The average Bonchev–Trinajstić information content (AvgIpc) is 3.30. The number of carbonyl (C=O) groups is 2. The van der Waals surface area contributed by atoms with Crippen LogP contribution in [0.25, 0.3) is 22.3 Å². The number of aromatic nitrogens is 8. The van der Waals surface area contributed by atoms with Gasteiger partial charge in [-0.1, -0.05) is 36.4 Å². The van der Waals surface area contributed by atoms with Gasteiger partial charge in [-0.2, -0.15) is 45.8 Å². The van der Waals surface area contributed by atoms with Crippen molar-refractivity contribution in [2.75, 3.05) is 49.4 Å². The molecule has 15 N–H and O–H groups in total. The summed E-state index contributed by atoms with van der Waals surface area (Å²) in [4.78, 5) is 47.5. The van der Waals surface area contributed by atoms with Crippen LogP contribution in [0.1, 0.15) is 74.8 Å². The maximum Gasteiger partial charge on any atom is 2.00 e. The molecule has 4 unspecified atom stereocenters. The Morgan fingerprint density at radius 3 is 1.51 bits per heavy atom. The zero-order valence-electron chi connectivity index (χ0n) is 46.8. The predicted molar refractivity (Wildman–Crippen MR) is 302 cm³/mol. The Hall–Kier alpha value is -5.31. The molecule has 0 amide bonds. The number of carbonyl (C=O) groups excluding carboxylic acids is 2. The van der Waals surface area contributed by atoms with E-state index in [0.717, 1.165) is 0 Å². The first kappa shape index (κ1) is 71.9. The molecule has 8 rings (SSSR count). The van der Waals surface area contributed by atoms with Crippen molar-refractivity contribution in [3.63, 3.8) is 0 Å². The van der Waals surface area contributed by atoms with Gasteiger partial charge in [0.25, 0.3) is 0 Å². The van der Waals surface area contributed by atoms with E-state index in [0.29, 0.717) is 11.3 Å². The topological polar surface area (TPSA) is 449 Å². The van der Waals surface area contributed by atoms with Crippen molar-refractivity contribution in [2.45, 2.75) is 122 Å². The minimum Gasteiger partial charge on any atom is -1.00 e. The van der Waals surface area contributed by atoms with Gasteiger partial charge < -0.3 is 94.8 Å². The van der Waals surface area contributed by atoms with E-state index in [4.69, 9.17) is 66.7 Å². The number of benzene rings is 2. The van der Waals surface area contributed by atoms with Crippen molar-refractivity contribution in [3.05, 3.63) is 79.2 Å². The number of rotatable bonds is 18. The van der Waals surface area contributed by atoms with Crippen LogP contribution < -0.4 is 54.6 Å². The van der Waals surface area contributed by atoms with E-state index >= 15 is 0 Å². The molecule has 4 aromatic heterocycles. The maximum absolute atomic E-state index is 13.7. The van der Waals surface area contributed by atoms with Gasteiger partial charge in [-0.05, 0) is 65.8 Å². The first-order chi connectivity index (χ1) is 38.0. The molecule has 0 aliphatic carbocycles. The quantitative estimate of drug-likeness (QED) is 0.0232. The van der Waals surface area contributed by atoms with Crippen molar-refractivity contribution in [3.8, 4) is 11.5 Å². The van der Waals surface area contributed by atoms with E-state index in [2.05, 4.69) is 60.8 Å². The molecule has 35 heteroatoms. The molecular formula is C48H70Cl2MgN14O16P2. The third kappa shape index (κ3) is 18.8. The second-order valence-corrected chi connectivity index (χ2v) is 23.4. The van der Waals surface area contributed by atoms with Crippen LogP contribution in [0.15, 0.2) is 73.3 Å². The Balaban J connectivity index is 0.000000339. The summed E-state index contributed by atoms with van der Waals surface area (Å²) in [6.45, 7) is 11.1. The van der Waals surface area contributed by atoms with Gasteiger partial charge in [0.05, 0.1) is 39.1 Å². The Morgan fingerprint density at radius 2 is 1.11 bits per heavy atom. The number of fused-ring (bicyclic) bond motifs is 2. The molecule has 0 radical (unpaired) electrons. The van der Waals surface area contributed by atoms with Crippen LogP contribution in [0.5, 0.6) is 11.5 Å². The third-order valence-electron chi connectivity index (χ3n) is 11.4. The van der Waals surface area contributed by atoms with Crippen LogP contribution in [-0.2, 0) is 42.2 Å².